The minimum atomic E-state index is -0.233. The fraction of sp³-hybridized carbons (Fsp3) is 0.294. The maximum absolute atomic E-state index is 12.2. The van der Waals surface area contributed by atoms with Gasteiger partial charge in [0, 0.05) is 25.0 Å². The van der Waals surface area contributed by atoms with Crippen LogP contribution in [0, 0.1) is 5.92 Å². The third-order valence-corrected chi connectivity index (χ3v) is 3.79. The molecular weight excluding hydrogens is 292 g/mol. The summed E-state index contributed by atoms with van der Waals surface area (Å²) >= 11 is 0. The van der Waals surface area contributed by atoms with E-state index in [1.165, 1.54) is 0 Å². The molecule has 3 rings (SSSR count). The predicted octanol–water partition coefficient (Wildman–Crippen LogP) is 1.41. The Morgan fingerprint density at radius 3 is 2.13 bits per heavy atom. The van der Waals surface area contributed by atoms with Crippen LogP contribution in [0.25, 0.3) is 0 Å². The maximum Gasteiger partial charge on any atom is 0.270 e. The maximum atomic E-state index is 12.2. The highest BCUT2D eigenvalue weighted by molar-refractivity contribution is 5.93. The lowest BCUT2D eigenvalue weighted by Gasteiger charge is -2.18. The molecule has 0 aliphatic heterocycles. The van der Waals surface area contributed by atoms with E-state index in [0.29, 0.717) is 23.9 Å². The molecule has 2 N–H and O–H groups in total. The zero-order chi connectivity index (χ0) is 16.1. The Bertz CT molecular complexity index is 672. The molecule has 118 valence electrons. The third-order valence-electron chi connectivity index (χ3n) is 3.79. The summed E-state index contributed by atoms with van der Waals surface area (Å²) in [5.41, 5.74) is 0.757. The Kier molecular flexibility index (Phi) is 4.61. The highest BCUT2D eigenvalue weighted by Gasteiger charge is 2.32. The van der Waals surface area contributed by atoms with Crippen molar-refractivity contribution < 1.29 is 9.59 Å². The average Bonchev–Trinajstić information content (AvgIpc) is 3.44. The third kappa shape index (κ3) is 4.12. The van der Waals surface area contributed by atoms with Crippen LogP contribution >= 0.6 is 0 Å². The van der Waals surface area contributed by atoms with Gasteiger partial charge in [-0.25, -0.2) is 0 Å². The molecule has 0 aromatic carbocycles. The van der Waals surface area contributed by atoms with Crippen molar-refractivity contribution in [3.05, 3.63) is 60.2 Å². The van der Waals surface area contributed by atoms with Gasteiger partial charge in [0.25, 0.3) is 11.8 Å². The molecule has 1 unspecified atom stereocenters. The van der Waals surface area contributed by atoms with Gasteiger partial charge in [0.1, 0.15) is 11.4 Å². The monoisotopic (exact) mass is 310 g/mol. The number of rotatable bonds is 6. The number of nitrogens with zero attached hydrogens (tertiary/aromatic N) is 2. The van der Waals surface area contributed by atoms with Gasteiger partial charge in [-0.2, -0.15) is 0 Å². The predicted molar refractivity (Wildman–Crippen MR) is 84.8 cm³/mol. The van der Waals surface area contributed by atoms with E-state index in [1.807, 2.05) is 0 Å². The number of pyridine rings is 2. The standard InChI is InChI=1S/C17H18N4O2/c22-16(13-5-1-3-9-18-13)20-11-15(12-7-8-12)21-17(23)14-6-2-4-10-19-14/h1-6,9-10,12,15H,7-8,11H2,(H,20,22)(H,21,23). The first kappa shape index (κ1) is 15.1. The summed E-state index contributed by atoms with van der Waals surface area (Å²) in [6, 6.07) is 10.3. The van der Waals surface area contributed by atoms with E-state index in [1.54, 1.807) is 48.8 Å². The SMILES string of the molecule is O=C(NCC(NC(=O)c1ccccn1)C1CC1)c1ccccn1. The van der Waals surface area contributed by atoms with E-state index < -0.39 is 0 Å². The summed E-state index contributed by atoms with van der Waals surface area (Å²) < 4.78 is 0. The van der Waals surface area contributed by atoms with Crippen LogP contribution in [-0.4, -0.2) is 34.4 Å². The zero-order valence-corrected chi connectivity index (χ0v) is 12.6. The minimum absolute atomic E-state index is 0.0860. The number of aromatic nitrogens is 2. The van der Waals surface area contributed by atoms with Crippen molar-refractivity contribution in [2.75, 3.05) is 6.54 Å². The van der Waals surface area contributed by atoms with Crippen LogP contribution < -0.4 is 10.6 Å². The molecule has 1 aliphatic carbocycles. The van der Waals surface area contributed by atoms with Gasteiger partial charge in [-0.1, -0.05) is 12.1 Å². The van der Waals surface area contributed by atoms with Crippen molar-refractivity contribution in [3.63, 3.8) is 0 Å². The first-order valence-electron chi connectivity index (χ1n) is 7.65. The van der Waals surface area contributed by atoms with Crippen molar-refractivity contribution >= 4 is 11.8 Å². The van der Waals surface area contributed by atoms with E-state index in [9.17, 15) is 9.59 Å². The Morgan fingerprint density at radius 2 is 1.61 bits per heavy atom. The highest BCUT2D eigenvalue weighted by atomic mass is 16.2. The molecule has 0 spiro atoms. The summed E-state index contributed by atoms with van der Waals surface area (Å²) in [5.74, 6) is -0.0374. The Labute approximate surface area is 134 Å². The largest absolute Gasteiger partial charge is 0.349 e. The lowest BCUT2D eigenvalue weighted by Crippen LogP contribution is -2.45. The average molecular weight is 310 g/mol. The van der Waals surface area contributed by atoms with Gasteiger partial charge in [-0.3, -0.25) is 19.6 Å². The highest BCUT2D eigenvalue weighted by Crippen LogP contribution is 2.32. The zero-order valence-electron chi connectivity index (χ0n) is 12.6. The molecule has 1 atom stereocenters. The second kappa shape index (κ2) is 7.00. The van der Waals surface area contributed by atoms with Crippen LogP contribution in [0.3, 0.4) is 0 Å². The van der Waals surface area contributed by atoms with Gasteiger partial charge < -0.3 is 10.6 Å². The van der Waals surface area contributed by atoms with E-state index >= 15 is 0 Å². The van der Waals surface area contributed by atoms with Gasteiger partial charge in [0.15, 0.2) is 0 Å². The van der Waals surface area contributed by atoms with Crippen LogP contribution in [0.4, 0.5) is 0 Å². The van der Waals surface area contributed by atoms with Crippen LogP contribution in [0.2, 0.25) is 0 Å². The smallest absolute Gasteiger partial charge is 0.270 e. The number of carbonyl (C=O) groups excluding carboxylic acids is 2. The summed E-state index contributed by atoms with van der Waals surface area (Å²) in [6.45, 7) is 0.388. The van der Waals surface area contributed by atoms with Crippen molar-refractivity contribution in [2.24, 2.45) is 5.92 Å². The summed E-state index contributed by atoms with van der Waals surface area (Å²) in [4.78, 5) is 32.3. The lowest BCUT2D eigenvalue weighted by atomic mass is 10.1. The summed E-state index contributed by atoms with van der Waals surface area (Å²) in [6.07, 6.45) is 5.29. The van der Waals surface area contributed by atoms with Crippen LogP contribution in [0.5, 0.6) is 0 Å². The normalized spacial score (nSPS) is 14.8. The molecular formula is C17H18N4O2. The molecule has 2 heterocycles. The molecule has 0 bridgehead atoms. The lowest BCUT2D eigenvalue weighted by molar-refractivity contribution is 0.0898. The molecule has 0 saturated heterocycles. The van der Waals surface area contributed by atoms with E-state index in [-0.39, 0.29) is 17.9 Å². The second-order valence-corrected chi connectivity index (χ2v) is 5.56. The van der Waals surface area contributed by atoms with Gasteiger partial charge in [0.2, 0.25) is 0 Å². The quantitative estimate of drug-likeness (QED) is 0.845. The number of hydrogen-bond donors (Lipinski definition) is 2. The van der Waals surface area contributed by atoms with Crippen molar-refractivity contribution in [2.45, 2.75) is 18.9 Å². The fourth-order valence-corrected chi connectivity index (χ4v) is 2.36. The second-order valence-electron chi connectivity index (χ2n) is 5.56. The van der Waals surface area contributed by atoms with Gasteiger partial charge >= 0.3 is 0 Å². The van der Waals surface area contributed by atoms with Gasteiger partial charge in [0.05, 0.1) is 0 Å². The van der Waals surface area contributed by atoms with Crippen molar-refractivity contribution in [1.29, 1.82) is 0 Å². The van der Waals surface area contributed by atoms with E-state index in [0.717, 1.165) is 12.8 Å². The fourth-order valence-electron chi connectivity index (χ4n) is 2.36. The molecule has 0 radical (unpaired) electrons. The van der Waals surface area contributed by atoms with Crippen molar-refractivity contribution in [3.8, 4) is 0 Å². The number of hydrogen-bond acceptors (Lipinski definition) is 4. The summed E-state index contributed by atoms with van der Waals surface area (Å²) in [5, 5.41) is 5.81. The number of nitrogens with one attached hydrogen (secondary N) is 2. The molecule has 6 nitrogen and oxygen atoms in total. The Balaban J connectivity index is 1.57. The first-order chi connectivity index (χ1) is 11.2. The number of carbonyl (C=O) groups is 2. The van der Waals surface area contributed by atoms with Crippen LogP contribution in [0.15, 0.2) is 48.8 Å². The van der Waals surface area contributed by atoms with E-state index in [4.69, 9.17) is 0 Å². The minimum Gasteiger partial charge on any atom is -0.349 e. The Hall–Kier alpha value is -2.76. The topological polar surface area (TPSA) is 84.0 Å². The molecule has 6 heteroatoms. The molecule has 1 aliphatic rings. The van der Waals surface area contributed by atoms with E-state index in [2.05, 4.69) is 20.6 Å². The molecule has 1 saturated carbocycles. The first-order valence-corrected chi connectivity index (χ1v) is 7.65. The number of amides is 2. The van der Waals surface area contributed by atoms with Crippen LogP contribution in [-0.2, 0) is 0 Å². The molecule has 2 aromatic rings. The van der Waals surface area contributed by atoms with Gasteiger partial charge in [-0.05, 0) is 43.0 Å². The Morgan fingerprint density at radius 1 is 1.00 bits per heavy atom. The molecule has 1 fully saturated rings. The van der Waals surface area contributed by atoms with Crippen molar-refractivity contribution in [1.82, 2.24) is 20.6 Å². The molecule has 23 heavy (non-hydrogen) atoms. The summed E-state index contributed by atoms with van der Waals surface area (Å²) in [7, 11) is 0. The van der Waals surface area contributed by atoms with Gasteiger partial charge in [-0.15, -0.1) is 0 Å². The molecule has 2 amide bonds. The van der Waals surface area contributed by atoms with Crippen LogP contribution in [0.1, 0.15) is 33.8 Å². The molecule has 2 aromatic heterocycles.